The van der Waals surface area contributed by atoms with Crippen LogP contribution in [0.3, 0.4) is 0 Å². The molecule has 1 amide bonds. The number of aromatic nitrogens is 4. The van der Waals surface area contributed by atoms with Gasteiger partial charge in [0.1, 0.15) is 5.82 Å². The first kappa shape index (κ1) is 15.6. The van der Waals surface area contributed by atoms with Crippen LogP contribution in [0.15, 0.2) is 42.9 Å². The first-order chi connectivity index (χ1) is 12.1. The Bertz CT molecular complexity index is 924. The van der Waals surface area contributed by atoms with E-state index in [0.29, 0.717) is 19.5 Å². The number of imidazole rings is 1. The summed E-state index contributed by atoms with van der Waals surface area (Å²) in [4.78, 5) is 19.1. The molecule has 0 bridgehead atoms. The second kappa shape index (κ2) is 6.20. The molecule has 1 aliphatic rings. The van der Waals surface area contributed by atoms with Gasteiger partial charge in [-0.15, -0.1) is 0 Å². The van der Waals surface area contributed by atoms with Crippen LogP contribution in [0.5, 0.6) is 0 Å². The highest BCUT2D eigenvalue weighted by Gasteiger charge is 2.24. The van der Waals surface area contributed by atoms with Crippen LogP contribution in [0.2, 0.25) is 0 Å². The maximum Gasteiger partial charge on any atom is 0.227 e. The van der Waals surface area contributed by atoms with Crippen LogP contribution in [0.4, 0.5) is 0 Å². The van der Waals surface area contributed by atoms with E-state index in [1.54, 1.807) is 4.68 Å². The van der Waals surface area contributed by atoms with E-state index in [-0.39, 0.29) is 5.91 Å². The van der Waals surface area contributed by atoms with E-state index >= 15 is 0 Å². The highest BCUT2D eigenvalue weighted by Crippen LogP contribution is 2.24. The summed E-state index contributed by atoms with van der Waals surface area (Å²) >= 11 is 0. The number of fused-ring (bicyclic) bond motifs is 1. The van der Waals surface area contributed by atoms with E-state index in [2.05, 4.69) is 14.6 Å². The lowest BCUT2D eigenvalue weighted by molar-refractivity contribution is -0.132. The quantitative estimate of drug-likeness (QED) is 0.737. The van der Waals surface area contributed by atoms with Crippen LogP contribution < -0.4 is 0 Å². The minimum Gasteiger partial charge on any atom is -0.333 e. The zero-order valence-corrected chi connectivity index (χ0v) is 14.5. The summed E-state index contributed by atoms with van der Waals surface area (Å²) in [5, 5.41) is 4.23. The normalized spacial score (nSPS) is 13.8. The number of carbonyl (C=O) groups is 1. The largest absolute Gasteiger partial charge is 0.333 e. The smallest absolute Gasteiger partial charge is 0.227 e. The van der Waals surface area contributed by atoms with Crippen LogP contribution >= 0.6 is 0 Å². The second-order valence-corrected chi connectivity index (χ2v) is 6.53. The van der Waals surface area contributed by atoms with Gasteiger partial charge in [-0.3, -0.25) is 9.48 Å². The number of benzene rings is 1. The van der Waals surface area contributed by atoms with Crippen LogP contribution in [0.1, 0.15) is 17.0 Å². The van der Waals surface area contributed by atoms with Crippen LogP contribution in [0, 0.1) is 6.92 Å². The Morgan fingerprint density at radius 1 is 1.20 bits per heavy atom. The third-order valence-corrected chi connectivity index (χ3v) is 4.82. The Kier molecular flexibility index (Phi) is 3.87. The maximum atomic E-state index is 12.7. The van der Waals surface area contributed by atoms with Gasteiger partial charge in [0.05, 0.1) is 31.1 Å². The Morgan fingerprint density at radius 2 is 2.04 bits per heavy atom. The zero-order chi connectivity index (χ0) is 17.4. The van der Waals surface area contributed by atoms with Gasteiger partial charge in [-0.1, -0.05) is 24.3 Å². The minimum atomic E-state index is 0.159. The third kappa shape index (κ3) is 2.95. The average Bonchev–Trinajstić information content (AvgIpc) is 3.22. The highest BCUT2D eigenvalue weighted by atomic mass is 16.2. The van der Waals surface area contributed by atoms with Crippen molar-refractivity contribution in [2.75, 3.05) is 6.54 Å². The lowest BCUT2D eigenvalue weighted by Crippen LogP contribution is -2.39. The molecular weight excluding hydrogens is 314 g/mol. The van der Waals surface area contributed by atoms with Crippen LogP contribution in [-0.2, 0) is 31.4 Å². The average molecular weight is 335 g/mol. The molecule has 1 aliphatic heterocycles. The standard InChI is InChI=1S/C19H21N5O/c1-14-5-3-4-6-15(14)9-19(25)23-7-8-24-17(11-20-18(24)13-23)16-10-21-22(2)12-16/h3-6,10-12H,7-9,13H2,1-2H3. The molecule has 1 aromatic carbocycles. The highest BCUT2D eigenvalue weighted by molar-refractivity contribution is 5.79. The van der Waals surface area contributed by atoms with Crippen molar-refractivity contribution in [2.24, 2.45) is 7.05 Å². The minimum absolute atomic E-state index is 0.159. The van der Waals surface area contributed by atoms with Gasteiger partial charge >= 0.3 is 0 Å². The molecular formula is C19H21N5O. The zero-order valence-electron chi connectivity index (χ0n) is 14.5. The molecule has 0 saturated carbocycles. The van der Waals surface area contributed by atoms with Gasteiger partial charge in [0.25, 0.3) is 0 Å². The Morgan fingerprint density at radius 3 is 2.80 bits per heavy atom. The fourth-order valence-electron chi connectivity index (χ4n) is 3.34. The molecule has 128 valence electrons. The lowest BCUT2D eigenvalue weighted by Gasteiger charge is -2.28. The molecule has 4 rings (SSSR count). The predicted molar refractivity (Wildman–Crippen MR) is 94.7 cm³/mol. The molecule has 0 unspecified atom stereocenters. The SMILES string of the molecule is Cc1ccccc1CC(=O)N1CCn2c(-c3cnn(C)c3)cnc2C1. The summed E-state index contributed by atoms with van der Waals surface area (Å²) in [7, 11) is 1.91. The van der Waals surface area contributed by atoms with E-state index in [1.165, 1.54) is 0 Å². The van der Waals surface area contributed by atoms with Gasteiger partial charge in [0.15, 0.2) is 0 Å². The number of nitrogens with zero attached hydrogens (tertiary/aromatic N) is 5. The molecule has 6 nitrogen and oxygen atoms in total. The van der Waals surface area contributed by atoms with E-state index in [1.807, 2.05) is 61.7 Å². The van der Waals surface area contributed by atoms with Crippen molar-refractivity contribution in [3.8, 4) is 11.3 Å². The first-order valence-corrected chi connectivity index (χ1v) is 8.47. The fourth-order valence-corrected chi connectivity index (χ4v) is 3.34. The van der Waals surface area contributed by atoms with E-state index in [0.717, 1.165) is 34.8 Å². The molecule has 0 radical (unpaired) electrons. The number of rotatable bonds is 3. The molecule has 6 heteroatoms. The second-order valence-electron chi connectivity index (χ2n) is 6.53. The van der Waals surface area contributed by atoms with E-state index in [9.17, 15) is 4.79 Å². The molecule has 0 saturated heterocycles. The van der Waals surface area contributed by atoms with Gasteiger partial charge in [0.2, 0.25) is 5.91 Å². The molecule has 0 aliphatic carbocycles. The van der Waals surface area contributed by atoms with Gasteiger partial charge in [-0.2, -0.15) is 5.10 Å². The summed E-state index contributed by atoms with van der Waals surface area (Å²) in [6.07, 6.45) is 6.16. The monoisotopic (exact) mass is 335 g/mol. The molecule has 3 aromatic rings. The van der Waals surface area contributed by atoms with Crippen molar-refractivity contribution in [2.45, 2.75) is 26.4 Å². The fraction of sp³-hybridized carbons (Fsp3) is 0.316. The van der Waals surface area contributed by atoms with Crippen LogP contribution in [0.25, 0.3) is 11.3 Å². The maximum absolute atomic E-state index is 12.7. The van der Waals surface area contributed by atoms with Crippen molar-refractivity contribution in [3.05, 3.63) is 59.8 Å². The van der Waals surface area contributed by atoms with Crippen molar-refractivity contribution in [1.82, 2.24) is 24.2 Å². The van der Waals surface area contributed by atoms with E-state index < -0.39 is 0 Å². The van der Waals surface area contributed by atoms with Gasteiger partial charge in [0, 0.05) is 31.9 Å². The topological polar surface area (TPSA) is 56.0 Å². The van der Waals surface area contributed by atoms with Crippen molar-refractivity contribution >= 4 is 5.91 Å². The Balaban J connectivity index is 1.51. The molecule has 0 atom stereocenters. The first-order valence-electron chi connectivity index (χ1n) is 8.47. The van der Waals surface area contributed by atoms with E-state index in [4.69, 9.17) is 0 Å². The molecule has 2 aromatic heterocycles. The van der Waals surface area contributed by atoms with Gasteiger partial charge in [-0.05, 0) is 18.1 Å². The van der Waals surface area contributed by atoms with Gasteiger partial charge < -0.3 is 9.47 Å². The Hall–Kier alpha value is -2.89. The van der Waals surface area contributed by atoms with Crippen molar-refractivity contribution in [1.29, 1.82) is 0 Å². The number of carbonyl (C=O) groups excluding carboxylic acids is 1. The van der Waals surface area contributed by atoms with Crippen LogP contribution in [-0.4, -0.2) is 36.7 Å². The predicted octanol–water partition coefficient (Wildman–Crippen LogP) is 2.18. The lowest BCUT2D eigenvalue weighted by atomic mass is 10.1. The molecule has 3 heterocycles. The molecule has 0 N–H and O–H groups in total. The number of hydrogen-bond donors (Lipinski definition) is 0. The number of aryl methyl sites for hydroxylation is 2. The summed E-state index contributed by atoms with van der Waals surface area (Å²) in [5.41, 5.74) is 4.38. The summed E-state index contributed by atoms with van der Waals surface area (Å²) in [6.45, 7) is 4.08. The van der Waals surface area contributed by atoms with Crippen molar-refractivity contribution < 1.29 is 4.79 Å². The molecule has 0 spiro atoms. The van der Waals surface area contributed by atoms with Gasteiger partial charge in [-0.25, -0.2) is 4.98 Å². The summed E-state index contributed by atoms with van der Waals surface area (Å²) in [6, 6.07) is 8.06. The van der Waals surface area contributed by atoms with Crippen molar-refractivity contribution in [3.63, 3.8) is 0 Å². The summed E-state index contributed by atoms with van der Waals surface area (Å²) < 4.78 is 3.98. The Labute approximate surface area is 146 Å². The summed E-state index contributed by atoms with van der Waals surface area (Å²) in [5.74, 6) is 1.09. The number of amides is 1. The molecule has 25 heavy (non-hydrogen) atoms. The third-order valence-electron chi connectivity index (χ3n) is 4.82. The number of hydrogen-bond acceptors (Lipinski definition) is 3. The molecule has 0 fully saturated rings.